The van der Waals surface area contributed by atoms with Gasteiger partial charge in [-0.15, -0.1) is 0 Å². The molecule has 2 aliphatic rings. The Morgan fingerprint density at radius 1 is 1.16 bits per heavy atom. The van der Waals surface area contributed by atoms with Crippen LogP contribution in [0.4, 0.5) is 0 Å². The summed E-state index contributed by atoms with van der Waals surface area (Å²) >= 11 is 0. The predicted molar refractivity (Wildman–Crippen MR) is 126 cm³/mol. The third-order valence-corrected chi connectivity index (χ3v) is 6.63. The third kappa shape index (κ3) is 7.07. The minimum absolute atomic E-state index is 0.0725. The van der Waals surface area contributed by atoms with Crippen molar-refractivity contribution in [1.29, 1.82) is 0 Å². The largest absolute Gasteiger partial charge is 0.481 e. The van der Waals surface area contributed by atoms with Gasteiger partial charge in [0.1, 0.15) is 6.61 Å². The van der Waals surface area contributed by atoms with Crippen LogP contribution in [0.5, 0.6) is 0 Å². The van der Waals surface area contributed by atoms with E-state index in [4.69, 9.17) is 9.84 Å². The van der Waals surface area contributed by atoms with E-state index in [0.717, 1.165) is 41.9 Å². The van der Waals surface area contributed by atoms with Gasteiger partial charge in [0, 0.05) is 18.5 Å². The number of carboxylic acids is 1. The second kappa shape index (κ2) is 12.6. The molecular formula is C26H38N2O4. The number of nitrogens with zero attached hydrogens (tertiary/aromatic N) is 1. The van der Waals surface area contributed by atoms with Gasteiger partial charge in [0.2, 0.25) is 11.8 Å². The molecule has 1 fully saturated rings. The minimum atomic E-state index is -0.803. The van der Waals surface area contributed by atoms with Gasteiger partial charge in [0.05, 0.1) is 0 Å². The van der Waals surface area contributed by atoms with Crippen molar-refractivity contribution in [1.82, 2.24) is 5.32 Å². The molecular weight excluding hydrogens is 404 g/mol. The van der Waals surface area contributed by atoms with E-state index in [0.29, 0.717) is 18.9 Å². The standard InChI is InChI=1S/C26H38N2O4/c1-2-9-21-20(15-16-24(29)30)13-8-14-22(21)26-28-23(18-32-26)25(31)27-17-7-6-12-19-10-4-3-5-11-19/h8,13-14,19,23H,2-7,9-12,15-18H2,1H3,(H,27,31)(H,29,30). The van der Waals surface area contributed by atoms with Gasteiger partial charge < -0.3 is 15.2 Å². The Morgan fingerprint density at radius 2 is 1.97 bits per heavy atom. The minimum Gasteiger partial charge on any atom is -0.481 e. The SMILES string of the molecule is CCCc1c(CCC(=O)O)cccc1C1=NC(C(=O)NCCCCC2CCCCC2)CO1. The van der Waals surface area contributed by atoms with E-state index < -0.39 is 12.0 Å². The number of ether oxygens (including phenoxy) is 1. The van der Waals surface area contributed by atoms with Crippen molar-refractivity contribution in [3.8, 4) is 0 Å². The van der Waals surface area contributed by atoms with Gasteiger partial charge in [0.15, 0.2) is 6.04 Å². The molecule has 176 valence electrons. The molecule has 0 saturated heterocycles. The summed E-state index contributed by atoms with van der Waals surface area (Å²) in [7, 11) is 0. The van der Waals surface area contributed by atoms with Gasteiger partial charge in [0.25, 0.3) is 0 Å². The number of carboxylic acid groups (broad SMARTS) is 1. The van der Waals surface area contributed by atoms with Gasteiger partial charge in [-0.05, 0) is 42.4 Å². The lowest BCUT2D eigenvalue weighted by Gasteiger charge is -2.21. The number of carbonyl (C=O) groups excluding carboxylic acids is 1. The fraction of sp³-hybridized carbons (Fsp3) is 0.654. The Hall–Kier alpha value is -2.37. The number of hydrogen-bond acceptors (Lipinski definition) is 4. The average Bonchev–Trinajstić information content (AvgIpc) is 3.29. The van der Waals surface area contributed by atoms with Crippen LogP contribution in [-0.2, 0) is 27.2 Å². The zero-order valence-electron chi connectivity index (χ0n) is 19.4. The zero-order valence-corrected chi connectivity index (χ0v) is 19.4. The summed E-state index contributed by atoms with van der Waals surface area (Å²) in [6, 6.07) is 5.34. The second-order valence-corrected chi connectivity index (χ2v) is 9.14. The lowest BCUT2D eigenvalue weighted by molar-refractivity contribution is -0.137. The Labute approximate surface area is 191 Å². The molecule has 1 aliphatic carbocycles. The lowest BCUT2D eigenvalue weighted by atomic mass is 9.86. The number of nitrogens with one attached hydrogen (secondary N) is 1. The van der Waals surface area contributed by atoms with Crippen LogP contribution in [0.1, 0.15) is 87.8 Å². The van der Waals surface area contributed by atoms with Crippen molar-refractivity contribution in [3.63, 3.8) is 0 Å². The van der Waals surface area contributed by atoms with Crippen LogP contribution in [0.3, 0.4) is 0 Å². The van der Waals surface area contributed by atoms with Gasteiger partial charge in [-0.1, -0.05) is 70.4 Å². The molecule has 1 saturated carbocycles. The molecule has 0 radical (unpaired) electrons. The van der Waals surface area contributed by atoms with Crippen LogP contribution >= 0.6 is 0 Å². The number of rotatable bonds is 12. The number of amides is 1. The van der Waals surface area contributed by atoms with E-state index in [1.165, 1.54) is 44.9 Å². The molecule has 0 spiro atoms. The molecule has 2 N–H and O–H groups in total. The van der Waals surface area contributed by atoms with Crippen LogP contribution in [0, 0.1) is 5.92 Å². The predicted octanol–water partition coefficient (Wildman–Crippen LogP) is 4.67. The number of aliphatic carboxylic acids is 1. The normalized spacial score (nSPS) is 18.8. The lowest BCUT2D eigenvalue weighted by Crippen LogP contribution is -2.34. The van der Waals surface area contributed by atoms with Crippen molar-refractivity contribution in [2.24, 2.45) is 10.9 Å². The Bertz CT molecular complexity index is 799. The highest BCUT2D eigenvalue weighted by Crippen LogP contribution is 2.27. The Balaban J connectivity index is 1.52. The maximum absolute atomic E-state index is 12.6. The van der Waals surface area contributed by atoms with E-state index in [1.54, 1.807) is 0 Å². The van der Waals surface area contributed by atoms with E-state index >= 15 is 0 Å². The number of carbonyl (C=O) groups is 2. The molecule has 1 aliphatic heterocycles. The van der Waals surface area contributed by atoms with E-state index in [9.17, 15) is 9.59 Å². The topological polar surface area (TPSA) is 88.0 Å². The zero-order chi connectivity index (χ0) is 22.8. The van der Waals surface area contributed by atoms with E-state index in [-0.39, 0.29) is 18.9 Å². The molecule has 3 rings (SSSR count). The van der Waals surface area contributed by atoms with Crippen molar-refractivity contribution < 1.29 is 19.4 Å². The van der Waals surface area contributed by atoms with E-state index in [2.05, 4.69) is 17.2 Å². The van der Waals surface area contributed by atoms with Crippen LogP contribution in [0.2, 0.25) is 0 Å². The third-order valence-electron chi connectivity index (χ3n) is 6.63. The summed E-state index contributed by atoms with van der Waals surface area (Å²) in [5.41, 5.74) is 2.99. The van der Waals surface area contributed by atoms with Gasteiger partial charge in [-0.2, -0.15) is 0 Å². The highest BCUT2D eigenvalue weighted by molar-refractivity contribution is 5.99. The van der Waals surface area contributed by atoms with Gasteiger partial charge in [-0.25, -0.2) is 4.99 Å². The summed E-state index contributed by atoms with van der Waals surface area (Å²) in [6.07, 6.45) is 12.7. The summed E-state index contributed by atoms with van der Waals surface area (Å²) in [6.45, 7) is 3.05. The maximum Gasteiger partial charge on any atom is 0.303 e. The van der Waals surface area contributed by atoms with Crippen LogP contribution in [-0.4, -0.2) is 42.1 Å². The average molecular weight is 443 g/mol. The Kier molecular flexibility index (Phi) is 9.57. The number of aliphatic imine (C=N–C) groups is 1. The first kappa shape index (κ1) is 24.3. The number of aryl methyl sites for hydroxylation is 1. The number of benzene rings is 1. The molecule has 6 heteroatoms. The van der Waals surface area contributed by atoms with Crippen LogP contribution < -0.4 is 5.32 Å². The summed E-state index contributed by atoms with van der Waals surface area (Å²) in [5, 5.41) is 12.1. The first-order chi connectivity index (χ1) is 15.6. The molecule has 32 heavy (non-hydrogen) atoms. The molecule has 1 heterocycles. The molecule has 1 unspecified atom stereocenters. The summed E-state index contributed by atoms with van der Waals surface area (Å²) in [5.74, 6) is 0.515. The summed E-state index contributed by atoms with van der Waals surface area (Å²) in [4.78, 5) is 28.2. The molecule has 1 aromatic rings. The Morgan fingerprint density at radius 3 is 2.72 bits per heavy atom. The molecule has 0 aromatic heterocycles. The second-order valence-electron chi connectivity index (χ2n) is 9.14. The molecule has 1 amide bonds. The van der Waals surface area contributed by atoms with Gasteiger partial charge in [-0.3, -0.25) is 9.59 Å². The van der Waals surface area contributed by atoms with E-state index in [1.807, 2.05) is 18.2 Å². The molecule has 1 atom stereocenters. The first-order valence-corrected chi connectivity index (χ1v) is 12.4. The first-order valence-electron chi connectivity index (χ1n) is 12.4. The van der Waals surface area contributed by atoms with Crippen molar-refractivity contribution in [2.75, 3.05) is 13.2 Å². The monoisotopic (exact) mass is 442 g/mol. The molecule has 6 nitrogen and oxygen atoms in total. The highest BCUT2D eigenvalue weighted by Gasteiger charge is 2.28. The van der Waals surface area contributed by atoms with Crippen molar-refractivity contribution >= 4 is 17.8 Å². The van der Waals surface area contributed by atoms with Crippen molar-refractivity contribution in [2.45, 2.75) is 90.0 Å². The van der Waals surface area contributed by atoms with Gasteiger partial charge >= 0.3 is 5.97 Å². The van der Waals surface area contributed by atoms with Crippen LogP contribution in [0.15, 0.2) is 23.2 Å². The summed E-state index contributed by atoms with van der Waals surface area (Å²) < 4.78 is 5.82. The quantitative estimate of drug-likeness (QED) is 0.461. The molecule has 0 bridgehead atoms. The fourth-order valence-corrected chi connectivity index (χ4v) is 4.87. The maximum atomic E-state index is 12.6. The number of hydrogen-bond donors (Lipinski definition) is 2. The van der Waals surface area contributed by atoms with Crippen molar-refractivity contribution in [3.05, 3.63) is 34.9 Å². The molecule has 1 aromatic carbocycles. The highest BCUT2D eigenvalue weighted by atomic mass is 16.5. The number of unbranched alkanes of at least 4 members (excludes halogenated alkanes) is 1. The smallest absolute Gasteiger partial charge is 0.303 e. The fourth-order valence-electron chi connectivity index (χ4n) is 4.87. The van der Waals surface area contributed by atoms with Crippen LogP contribution in [0.25, 0.3) is 0 Å².